The van der Waals surface area contributed by atoms with E-state index in [9.17, 15) is 23.1 Å². The number of halogens is 3. The Labute approximate surface area is 178 Å². The van der Waals surface area contributed by atoms with E-state index in [0.29, 0.717) is 28.1 Å². The number of benzene rings is 1. The average molecular weight is 447 g/mol. The minimum atomic E-state index is -4.83. The first-order chi connectivity index (χ1) is 14.6. The summed E-state index contributed by atoms with van der Waals surface area (Å²) >= 11 is 1.17. The summed E-state index contributed by atoms with van der Waals surface area (Å²) in [6.07, 6.45) is -3.16. The molecule has 3 N–H and O–H groups in total. The van der Waals surface area contributed by atoms with Crippen LogP contribution in [0.1, 0.15) is 28.5 Å². The van der Waals surface area contributed by atoms with Gasteiger partial charge in [0.15, 0.2) is 10.7 Å². The predicted molar refractivity (Wildman–Crippen MR) is 110 cm³/mol. The van der Waals surface area contributed by atoms with Crippen molar-refractivity contribution in [1.82, 2.24) is 20.2 Å². The van der Waals surface area contributed by atoms with Gasteiger partial charge in [0.25, 0.3) is 5.91 Å². The van der Waals surface area contributed by atoms with Crippen molar-refractivity contribution in [3.63, 3.8) is 0 Å². The number of rotatable bonds is 4. The molecule has 3 aromatic heterocycles. The summed E-state index contributed by atoms with van der Waals surface area (Å²) in [6.45, 7) is 2.54. The zero-order chi connectivity index (χ0) is 22.4. The van der Waals surface area contributed by atoms with Crippen LogP contribution < -0.4 is 5.32 Å². The van der Waals surface area contributed by atoms with Crippen LogP contribution in [0.25, 0.3) is 21.6 Å². The second-order valence-corrected chi connectivity index (χ2v) is 8.03. The second kappa shape index (κ2) is 7.43. The molecule has 0 aliphatic carbocycles. The summed E-state index contributed by atoms with van der Waals surface area (Å²) in [5, 5.41) is 19.5. The van der Waals surface area contributed by atoms with Gasteiger partial charge in [-0.15, -0.1) is 0 Å². The Bertz CT molecular complexity index is 1260. The van der Waals surface area contributed by atoms with Crippen molar-refractivity contribution in [3.05, 3.63) is 59.4 Å². The standard InChI is InChI=1S/C20H16F3N5O2S/c1-10-13(9-24-28-10)14-7-8-15-17(25-14)31-18(26-15)27-16(29)11-3-5-12(6-4-11)19(2,30)20(21,22)23/h3-9,30H,1-2H3,(H,24,28)(H,26,27,29). The molecule has 3 heterocycles. The normalized spacial score (nSPS) is 13.9. The van der Waals surface area contributed by atoms with Crippen LogP contribution in [0, 0.1) is 6.92 Å². The van der Waals surface area contributed by atoms with E-state index in [4.69, 9.17) is 0 Å². The number of hydrogen-bond donors (Lipinski definition) is 3. The third kappa shape index (κ3) is 3.89. The smallest absolute Gasteiger partial charge is 0.376 e. The molecule has 0 fully saturated rings. The third-order valence-electron chi connectivity index (χ3n) is 4.84. The van der Waals surface area contributed by atoms with E-state index in [-0.39, 0.29) is 11.1 Å². The Kier molecular flexibility index (Phi) is 5.02. The zero-order valence-electron chi connectivity index (χ0n) is 16.3. The number of anilines is 1. The van der Waals surface area contributed by atoms with Crippen molar-refractivity contribution in [3.8, 4) is 11.3 Å². The highest BCUT2D eigenvalue weighted by Crippen LogP contribution is 2.38. The Morgan fingerprint density at radius 3 is 2.45 bits per heavy atom. The first kappa shape index (κ1) is 20.9. The van der Waals surface area contributed by atoms with Crippen LogP contribution in [0.5, 0.6) is 0 Å². The summed E-state index contributed by atoms with van der Waals surface area (Å²) in [6, 6.07) is 8.16. The Balaban J connectivity index is 1.54. The average Bonchev–Trinajstić information content (AvgIpc) is 3.31. The summed E-state index contributed by atoms with van der Waals surface area (Å²) in [4.78, 5) is 22.0. The first-order valence-electron chi connectivity index (χ1n) is 9.05. The van der Waals surface area contributed by atoms with Gasteiger partial charge in [0, 0.05) is 16.8 Å². The van der Waals surface area contributed by atoms with Crippen molar-refractivity contribution in [1.29, 1.82) is 0 Å². The lowest BCUT2D eigenvalue weighted by atomic mass is 9.94. The Morgan fingerprint density at radius 1 is 1.13 bits per heavy atom. The molecule has 0 aliphatic heterocycles. The van der Waals surface area contributed by atoms with Gasteiger partial charge in [-0.3, -0.25) is 15.2 Å². The number of nitrogens with one attached hydrogen (secondary N) is 2. The third-order valence-corrected chi connectivity index (χ3v) is 5.72. The van der Waals surface area contributed by atoms with Gasteiger partial charge in [0.2, 0.25) is 0 Å². The minimum absolute atomic E-state index is 0.128. The molecule has 0 spiro atoms. The maximum absolute atomic E-state index is 13.0. The van der Waals surface area contributed by atoms with Gasteiger partial charge in [-0.1, -0.05) is 23.5 Å². The molecule has 11 heteroatoms. The first-order valence-corrected chi connectivity index (χ1v) is 9.87. The molecule has 4 aromatic rings. The number of aliphatic hydroxyl groups is 1. The van der Waals surface area contributed by atoms with Crippen molar-refractivity contribution >= 4 is 32.7 Å². The van der Waals surface area contributed by atoms with E-state index in [0.717, 1.165) is 23.4 Å². The van der Waals surface area contributed by atoms with Crippen LogP contribution in [-0.2, 0) is 5.60 Å². The van der Waals surface area contributed by atoms with Gasteiger partial charge in [-0.25, -0.2) is 9.97 Å². The number of carbonyl (C=O) groups excluding carboxylic acids is 1. The van der Waals surface area contributed by atoms with Crippen LogP contribution in [0.2, 0.25) is 0 Å². The molecule has 160 valence electrons. The molecule has 0 saturated carbocycles. The highest BCUT2D eigenvalue weighted by atomic mass is 32.1. The van der Waals surface area contributed by atoms with Crippen molar-refractivity contribution in [2.45, 2.75) is 25.6 Å². The summed E-state index contributed by atoms with van der Waals surface area (Å²) in [5.41, 5.74) is -0.194. The van der Waals surface area contributed by atoms with Crippen LogP contribution in [0.3, 0.4) is 0 Å². The zero-order valence-corrected chi connectivity index (χ0v) is 17.1. The van der Waals surface area contributed by atoms with Crippen molar-refractivity contribution < 1.29 is 23.1 Å². The monoisotopic (exact) mass is 447 g/mol. The molecule has 0 bridgehead atoms. The van der Waals surface area contributed by atoms with Gasteiger partial charge in [0.1, 0.15) is 10.3 Å². The number of nitrogens with zero attached hydrogens (tertiary/aromatic N) is 3. The fraction of sp³-hybridized carbons (Fsp3) is 0.200. The lowest BCUT2D eigenvalue weighted by Crippen LogP contribution is -2.39. The lowest BCUT2D eigenvalue weighted by molar-refractivity contribution is -0.258. The lowest BCUT2D eigenvalue weighted by Gasteiger charge is -2.26. The highest BCUT2D eigenvalue weighted by molar-refractivity contribution is 7.22. The van der Waals surface area contributed by atoms with E-state index in [2.05, 4.69) is 25.5 Å². The molecule has 0 radical (unpaired) electrons. The fourth-order valence-electron chi connectivity index (χ4n) is 2.91. The van der Waals surface area contributed by atoms with Gasteiger partial charge in [0.05, 0.1) is 11.9 Å². The number of aromatic amines is 1. The highest BCUT2D eigenvalue weighted by Gasteiger charge is 2.51. The molecule has 4 rings (SSSR count). The van der Waals surface area contributed by atoms with E-state index >= 15 is 0 Å². The second-order valence-electron chi connectivity index (χ2n) is 7.05. The van der Waals surface area contributed by atoms with Gasteiger partial charge < -0.3 is 5.11 Å². The topological polar surface area (TPSA) is 104 Å². The van der Waals surface area contributed by atoms with Crippen LogP contribution in [0.4, 0.5) is 18.3 Å². The Hall–Kier alpha value is -3.31. The van der Waals surface area contributed by atoms with Gasteiger partial charge >= 0.3 is 6.18 Å². The molecule has 1 unspecified atom stereocenters. The number of pyridine rings is 1. The number of aromatic nitrogens is 4. The van der Waals surface area contributed by atoms with E-state index in [1.54, 1.807) is 18.3 Å². The number of carbonyl (C=O) groups is 1. The molecule has 0 saturated heterocycles. The molecule has 1 atom stereocenters. The predicted octanol–water partition coefficient (Wildman–Crippen LogP) is 4.41. The maximum Gasteiger partial charge on any atom is 0.421 e. The minimum Gasteiger partial charge on any atom is -0.376 e. The van der Waals surface area contributed by atoms with Gasteiger partial charge in [-0.05, 0) is 43.7 Å². The summed E-state index contributed by atoms with van der Waals surface area (Å²) in [7, 11) is 0. The fourth-order valence-corrected chi connectivity index (χ4v) is 3.74. The molecule has 1 amide bonds. The number of alkyl halides is 3. The van der Waals surface area contributed by atoms with Gasteiger partial charge in [-0.2, -0.15) is 18.3 Å². The molecule has 0 aliphatic rings. The number of thiazole rings is 1. The quantitative estimate of drug-likeness (QED) is 0.430. The van der Waals surface area contributed by atoms with Crippen LogP contribution in [-0.4, -0.2) is 37.4 Å². The Morgan fingerprint density at radius 2 is 1.84 bits per heavy atom. The number of amides is 1. The van der Waals surface area contributed by atoms with E-state index in [1.165, 1.54) is 23.5 Å². The number of fused-ring (bicyclic) bond motifs is 1. The molecular weight excluding hydrogens is 431 g/mol. The van der Waals surface area contributed by atoms with E-state index < -0.39 is 17.7 Å². The van der Waals surface area contributed by atoms with E-state index in [1.807, 2.05) is 6.92 Å². The van der Waals surface area contributed by atoms with Crippen molar-refractivity contribution in [2.24, 2.45) is 0 Å². The molecule has 7 nitrogen and oxygen atoms in total. The molecule has 1 aromatic carbocycles. The number of hydrogen-bond acceptors (Lipinski definition) is 6. The molecular formula is C20H16F3N5O2S. The SMILES string of the molecule is Cc1[nH]ncc1-c1ccc2nc(NC(=O)c3ccc(C(C)(O)C(F)(F)F)cc3)sc2n1. The molecule has 31 heavy (non-hydrogen) atoms. The van der Waals surface area contributed by atoms with Crippen LogP contribution >= 0.6 is 11.3 Å². The summed E-state index contributed by atoms with van der Waals surface area (Å²) in [5.74, 6) is -0.539. The van der Waals surface area contributed by atoms with Crippen molar-refractivity contribution in [2.75, 3.05) is 5.32 Å². The van der Waals surface area contributed by atoms with Crippen LogP contribution in [0.15, 0.2) is 42.6 Å². The number of H-pyrrole nitrogens is 1. The maximum atomic E-state index is 13.0. The summed E-state index contributed by atoms with van der Waals surface area (Å²) < 4.78 is 38.9. The number of aryl methyl sites for hydroxylation is 1. The largest absolute Gasteiger partial charge is 0.421 e.